The first-order valence-electron chi connectivity index (χ1n) is 7.26. The average molecular weight is 301 g/mol. The Morgan fingerprint density at radius 1 is 1.18 bits per heavy atom. The fourth-order valence-electron chi connectivity index (χ4n) is 2.21. The Hall–Kier alpha value is -2.36. The predicted molar refractivity (Wildman–Crippen MR) is 84.1 cm³/mol. The summed E-state index contributed by atoms with van der Waals surface area (Å²) in [6, 6.07) is 14.0. The fourth-order valence-corrected chi connectivity index (χ4v) is 2.21. The van der Waals surface area contributed by atoms with Gasteiger partial charge >= 0.3 is 0 Å². The molecule has 2 aromatic carbocycles. The number of hydrogen-bond acceptors (Lipinski definition) is 2. The minimum atomic E-state index is -0.264. The Bertz CT molecular complexity index is 625. The lowest BCUT2D eigenvalue weighted by Gasteiger charge is -2.11. The van der Waals surface area contributed by atoms with E-state index in [-0.39, 0.29) is 17.6 Å². The van der Waals surface area contributed by atoms with Crippen LogP contribution in [0.1, 0.15) is 18.1 Å². The summed E-state index contributed by atoms with van der Waals surface area (Å²) in [4.78, 5) is 11.5. The molecule has 2 aromatic rings. The average Bonchev–Trinajstić information content (AvgIpc) is 2.53. The van der Waals surface area contributed by atoms with Crippen LogP contribution in [0.5, 0.6) is 5.75 Å². The molecule has 0 heterocycles. The second kappa shape index (κ2) is 7.59. The van der Waals surface area contributed by atoms with Crippen molar-refractivity contribution >= 4 is 5.91 Å². The number of amides is 1. The van der Waals surface area contributed by atoms with E-state index in [0.717, 1.165) is 16.9 Å². The summed E-state index contributed by atoms with van der Waals surface area (Å²) in [5.41, 5.74) is 1.87. The normalized spacial score (nSPS) is 11.8. The standard InChI is InChI=1S/C18H20FNO2/c1-13(18(21)20-2)10-14-6-8-17(9-7-14)22-12-15-4-3-5-16(19)11-15/h3-9,11,13H,10,12H2,1-2H3,(H,20,21). The summed E-state index contributed by atoms with van der Waals surface area (Å²) < 4.78 is 18.7. The van der Waals surface area contributed by atoms with E-state index in [1.54, 1.807) is 13.1 Å². The van der Waals surface area contributed by atoms with Crippen molar-refractivity contribution in [2.75, 3.05) is 7.05 Å². The molecule has 116 valence electrons. The number of carbonyl (C=O) groups excluding carboxylic acids is 1. The van der Waals surface area contributed by atoms with E-state index in [0.29, 0.717) is 13.0 Å². The monoisotopic (exact) mass is 301 g/mol. The van der Waals surface area contributed by atoms with E-state index in [9.17, 15) is 9.18 Å². The molecule has 1 amide bonds. The summed E-state index contributed by atoms with van der Waals surface area (Å²) in [6.07, 6.45) is 0.684. The summed E-state index contributed by atoms with van der Waals surface area (Å²) >= 11 is 0. The van der Waals surface area contributed by atoms with Gasteiger partial charge in [-0.1, -0.05) is 31.2 Å². The van der Waals surface area contributed by atoms with Crippen molar-refractivity contribution in [3.63, 3.8) is 0 Å². The quantitative estimate of drug-likeness (QED) is 0.889. The van der Waals surface area contributed by atoms with Crippen molar-refractivity contribution in [3.05, 3.63) is 65.5 Å². The maximum atomic E-state index is 13.1. The maximum Gasteiger partial charge on any atom is 0.222 e. The van der Waals surface area contributed by atoms with Crippen molar-refractivity contribution in [1.29, 1.82) is 0 Å². The molecule has 1 unspecified atom stereocenters. The van der Waals surface area contributed by atoms with Gasteiger partial charge in [0.05, 0.1) is 0 Å². The van der Waals surface area contributed by atoms with Gasteiger partial charge in [0.25, 0.3) is 0 Å². The van der Waals surface area contributed by atoms with Gasteiger partial charge in [0, 0.05) is 13.0 Å². The van der Waals surface area contributed by atoms with Gasteiger partial charge in [0.2, 0.25) is 5.91 Å². The van der Waals surface area contributed by atoms with Crippen LogP contribution in [-0.4, -0.2) is 13.0 Å². The molecule has 0 spiro atoms. The van der Waals surface area contributed by atoms with Crippen LogP contribution in [0, 0.1) is 11.7 Å². The molecule has 0 fully saturated rings. The Balaban J connectivity index is 1.90. The van der Waals surface area contributed by atoms with Crippen LogP contribution in [0.2, 0.25) is 0 Å². The molecule has 0 aromatic heterocycles. The van der Waals surface area contributed by atoms with E-state index in [1.165, 1.54) is 12.1 Å². The molecule has 0 aliphatic heterocycles. The van der Waals surface area contributed by atoms with Crippen molar-refractivity contribution in [2.24, 2.45) is 5.92 Å². The number of carbonyl (C=O) groups is 1. The molecule has 2 rings (SSSR count). The van der Waals surface area contributed by atoms with Gasteiger partial charge < -0.3 is 10.1 Å². The molecule has 3 nitrogen and oxygen atoms in total. The zero-order valence-electron chi connectivity index (χ0n) is 12.8. The van der Waals surface area contributed by atoms with Crippen molar-refractivity contribution < 1.29 is 13.9 Å². The van der Waals surface area contributed by atoms with Gasteiger partial charge in [-0.25, -0.2) is 4.39 Å². The van der Waals surface area contributed by atoms with Crippen LogP contribution in [0.4, 0.5) is 4.39 Å². The molecule has 0 bridgehead atoms. The highest BCUT2D eigenvalue weighted by molar-refractivity contribution is 5.78. The SMILES string of the molecule is CNC(=O)C(C)Cc1ccc(OCc2cccc(F)c2)cc1. The fraction of sp³-hybridized carbons (Fsp3) is 0.278. The van der Waals surface area contributed by atoms with Gasteiger partial charge in [0.1, 0.15) is 18.2 Å². The Morgan fingerprint density at radius 2 is 1.91 bits per heavy atom. The van der Waals surface area contributed by atoms with Crippen LogP contribution < -0.4 is 10.1 Å². The number of nitrogens with one attached hydrogen (secondary N) is 1. The zero-order chi connectivity index (χ0) is 15.9. The van der Waals surface area contributed by atoms with Gasteiger partial charge in [-0.2, -0.15) is 0 Å². The summed E-state index contributed by atoms with van der Waals surface area (Å²) in [6.45, 7) is 2.22. The largest absolute Gasteiger partial charge is 0.489 e. The second-order valence-corrected chi connectivity index (χ2v) is 5.28. The van der Waals surface area contributed by atoms with E-state index in [1.807, 2.05) is 37.3 Å². The van der Waals surface area contributed by atoms with Gasteiger partial charge in [0.15, 0.2) is 0 Å². The molecule has 0 saturated carbocycles. The van der Waals surface area contributed by atoms with Crippen LogP contribution in [0.25, 0.3) is 0 Å². The molecule has 0 saturated heterocycles. The summed E-state index contributed by atoms with van der Waals surface area (Å²) in [7, 11) is 1.64. The molecule has 0 aliphatic rings. The third kappa shape index (κ3) is 4.58. The topological polar surface area (TPSA) is 38.3 Å². The number of rotatable bonds is 6. The van der Waals surface area contributed by atoms with E-state index >= 15 is 0 Å². The zero-order valence-corrected chi connectivity index (χ0v) is 12.8. The molecule has 1 atom stereocenters. The summed E-state index contributed by atoms with van der Waals surface area (Å²) in [5.74, 6) is 0.427. The van der Waals surface area contributed by atoms with Crippen LogP contribution in [-0.2, 0) is 17.8 Å². The van der Waals surface area contributed by atoms with E-state index in [2.05, 4.69) is 5.32 Å². The predicted octanol–water partition coefficient (Wildman–Crippen LogP) is 3.33. The molecule has 4 heteroatoms. The lowest BCUT2D eigenvalue weighted by Crippen LogP contribution is -2.26. The molecule has 22 heavy (non-hydrogen) atoms. The minimum absolute atomic E-state index is 0.0337. The maximum absolute atomic E-state index is 13.1. The van der Waals surface area contributed by atoms with Crippen LogP contribution in [0.3, 0.4) is 0 Å². The Labute approximate surface area is 130 Å². The molecular formula is C18H20FNO2. The Kier molecular flexibility index (Phi) is 5.53. The van der Waals surface area contributed by atoms with E-state index in [4.69, 9.17) is 4.74 Å². The number of ether oxygens (including phenoxy) is 1. The number of hydrogen-bond donors (Lipinski definition) is 1. The van der Waals surface area contributed by atoms with Crippen LogP contribution >= 0.6 is 0 Å². The molecular weight excluding hydrogens is 281 g/mol. The highest BCUT2D eigenvalue weighted by Gasteiger charge is 2.11. The third-order valence-corrected chi connectivity index (χ3v) is 3.45. The van der Waals surface area contributed by atoms with Crippen molar-refractivity contribution in [3.8, 4) is 5.75 Å². The van der Waals surface area contributed by atoms with Gasteiger partial charge in [-0.15, -0.1) is 0 Å². The lowest BCUT2D eigenvalue weighted by molar-refractivity contribution is -0.123. The first-order chi connectivity index (χ1) is 10.6. The first-order valence-corrected chi connectivity index (χ1v) is 7.26. The number of halogens is 1. The number of benzene rings is 2. The highest BCUT2D eigenvalue weighted by Crippen LogP contribution is 2.17. The molecule has 1 N–H and O–H groups in total. The highest BCUT2D eigenvalue weighted by atomic mass is 19.1. The smallest absolute Gasteiger partial charge is 0.222 e. The second-order valence-electron chi connectivity index (χ2n) is 5.28. The van der Waals surface area contributed by atoms with Crippen LogP contribution in [0.15, 0.2) is 48.5 Å². The lowest BCUT2D eigenvalue weighted by atomic mass is 10.0. The van der Waals surface area contributed by atoms with Crippen molar-refractivity contribution in [2.45, 2.75) is 20.0 Å². The Morgan fingerprint density at radius 3 is 2.55 bits per heavy atom. The molecule has 0 aliphatic carbocycles. The van der Waals surface area contributed by atoms with Gasteiger partial charge in [-0.05, 0) is 41.8 Å². The van der Waals surface area contributed by atoms with Crippen molar-refractivity contribution in [1.82, 2.24) is 5.32 Å². The minimum Gasteiger partial charge on any atom is -0.489 e. The first kappa shape index (κ1) is 16.0. The van der Waals surface area contributed by atoms with E-state index < -0.39 is 0 Å². The molecule has 0 radical (unpaired) electrons. The summed E-state index contributed by atoms with van der Waals surface area (Å²) in [5, 5.41) is 2.65. The third-order valence-electron chi connectivity index (χ3n) is 3.45. The van der Waals surface area contributed by atoms with Gasteiger partial charge in [-0.3, -0.25) is 4.79 Å².